The van der Waals surface area contributed by atoms with Crippen LogP contribution in [0.4, 0.5) is 0 Å². The van der Waals surface area contributed by atoms with Crippen molar-refractivity contribution in [3.8, 4) is 0 Å². The molecule has 12 heavy (non-hydrogen) atoms. The molecule has 0 bridgehead atoms. The first-order valence-corrected chi connectivity index (χ1v) is 5.15. The third-order valence-corrected chi connectivity index (χ3v) is 2.68. The maximum atomic E-state index is 5.22. The van der Waals surface area contributed by atoms with Crippen LogP contribution in [0.2, 0.25) is 0 Å². The second-order valence-corrected chi connectivity index (χ2v) is 3.32. The van der Waals surface area contributed by atoms with Crippen molar-refractivity contribution < 1.29 is 4.42 Å². The van der Waals surface area contributed by atoms with Crippen LogP contribution in [0, 0.1) is 0 Å². The Balaban J connectivity index is 2.98. The van der Waals surface area contributed by atoms with Gasteiger partial charge in [-0.15, -0.1) is 11.8 Å². The van der Waals surface area contributed by atoms with E-state index in [9.17, 15) is 0 Å². The van der Waals surface area contributed by atoms with Crippen LogP contribution in [0.15, 0.2) is 22.5 Å². The Morgan fingerprint density at radius 2 is 2.42 bits per heavy atom. The lowest BCUT2D eigenvalue weighted by Crippen LogP contribution is -1.83. The molecule has 1 heterocycles. The van der Waals surface area contributed by atoms with Crippen LogP contribution in [0.25, 0.3) is 4.91 Å². The van der Waals surface area contributed by atoms with Crippen LogP contribution in [-0.4, -0.2) is 11.2 Å². The third kappa shape index (κ3) is 1.91. The Hall–Kier alpha value is -0.700. The number of nitrogens with zero attached hydrogens (tertiary/aromatic N) is 1. The third-order valence-electron chi connectivity index (χ3n) is 1.75. The van der Waals surface area contributed by atoms with Crippen molar-refractivity contribution in [3.63, 3.8) is 0 Å². The maximum Gasteiger partial charge on any atom is 0.232 e. The van der Waals surface area contributed by atoms with Crippen molar-refractivity contribution in [2.75, 3.05) is 6.26 Å². The molecule has 0 spiro atoms. The van der Waals surface area contributed by atoms with E-state index in [4.69, 9.17) is 4.42 Å². The van der Waals surface area contributed by atoms with Crippen molar-refractivity contribution in [2.45, 2.75) is 20.3 Å². The summed E-state index contributed by atoms with van der Waals surface area (Å²) in [5.74, 6) is 0.738. The summed E-state index contributed by atoms with van der Waals surface area (Å²) in [6.07, 6.45) is 6.36. The van der Waals surface area contributed by atoms with Gasteiger partial charge in [0.05, 0.1) is 11.1 Å². The van der Waals surface area contributed by atoms with Gasteiger partial charge in [0, 0.05) is 0 Å². The van der Waals surface area contributed by atoms with Gasteiger partial charge in [-0.25, -0.2) is 4.98 Å². The van der Waals surface area contributed by atoms with E-state index in [1.807, 2.05) is 6.26 Å². The van der Waals surface area contributed by atoms with Gasteiger partial charge in [-0.1, -0.05) is 12.5 Å². The molecule has 0 amide bonds. The average Bonchev–Trinajstić information content (AvgIpc) is 2.58. The van der Waals surface area contributed by atoms with Gasteiger partial charge in [0.25, 0.3) is 0 Å². The molecule has 2 nitrogen and oxygen atoms in total. The van der Waals surface area contributed by atoms with Gasteiger partial charge in [0.2, 0.25) is 5.89 Å². The Bertz CT molecular complexity index is 264. The molecule has 0 aliphatic carbocycles. The minimum absolute atomic E-state index is 0.738. The van der Waals surface area contributed by atoms with Gasteiger partial charge in [-0.2, -0.15) is 0 Å². The zero-order chi connectivity index (χ0) is 8.97. The predicted octanol–water partition coefficient (Wildman–Crippen LogP) is 3.18. The first-order valence-electron chi connectivity index (χ1n) is 3.93. The topological polar surface area (TPSA) is 26.0 Å². The molecule has 66 valence electrons. The van der Waals surface area contributed by atoms with E-state index in [2.05, 4.69) is 18.8 Å². The average molecular weight is 183 g/mol. The molecule has 0 radical (unpaired) electrons. The lowest BCUT2D eigenvalue weighted by Gasteiger charge is -2.02. The number of aromatic nitrogens is 1. The highest BCUT2D eigenvalue weighted by atomic mass is 32.2. The smallest absolute Gasteiger partial charge is 0.232 e. The predicted molar refractivity (Wildman–Crippen MR) is 52.9 cm³/mol. The summed E-state index contributed by atoms with van der Waals surface area (Å²) in [4.78, 5) is 5.27. The highest BCUT2D eigenvalue weighted by Gasteiger charge is 2.07. The van der Waals surface area contributed by atoms with Crippen LogP contribution >= 0.6 is 11.8 Å². The molecule has 0 aromatic carbocycles. The van der Waals surface area contributed by atoms with Crippen molar-refractivity contribution in [2.24, 2.45) is 0 Å². The van der Waals surface area contributed by atoms with E-state index in [1.54, 1.807) is 24.2 Å². The van der Waals surface area contributed by atoms with Gasteiger partial charge >= 0.3 is 0 Å². The fourth-order valence-electron chi connectivity index (χ4n) is 0.940. The van der Waals surface area contributed by atoms with E-state index >= 15 is 0 Å². The van der Waals surface area contributed by atoms with Gasteiger partial charge in [0.1, 0.15) is 6.26 Å². The Morgan fingerprint density at radius 3 is 2.83 bits per heavy atom. The summed E-state index contributed by atoms with van der Waals surface area (Å²) in [5, 5.41) is 0. The molecule has 0 N–H and O–H groups in total. The van der Waals surface area contributed by atoms with E-state index < -0.39 is 0 Å². The van der Waals surface area contributed by atoms with Gasteiger partial charge in [-0.05, 0) is 19.6 Å². The molecule has 0 saturated heterocycles. The largest absolute Gasteiger partial charge is 0.444 e. The van der Waals surface area contributed by atoms with Crippen molar-refractivity contribution in [1.29, 1.82) is 0 Å². The van der Waals surface area contributed by atoms with Gasteiger partial charge in [0.15, 0.2) is 0 Å². The number of hydrogen-bond acceptors (Lipinski definition) is 3. The number of rotatable bonds is 3. The maximum absolute atomic E-state index is 5.22. The number of oxazole rings is 1. The highest BCUT2D eigenvalue weighted by Crippen LogP contribution is 2.28. The van der Waals surface area contributed by atoms with Crippen LogP contribution in [0.3, 0.4) is 0 Å². The van der Waals surface area contributed by atoms with Crippen molar-refractivity contribution >= 4 is 16.7 Å². The standard InChI is InChI=1S/C9H13NOS/c1-4-7(2)8(12-3)9-10-5-6-11-9/h5-6H,4H2,1-3H3/b8-7-. The second kappa shape index (κ2) is 4.36. The molecule has 1 aromatic heterocycles. The van der Waals surface area contributed by atoms with Crippen LogP contribution < -0.4 is 0 Å². The Morgan fingerprint density at radius 1 is 1.67 bits per heavy atom. The Kier molecular flexibility index (Phi) is 3.41. The quantitative estimate of drug-likeness (QED) is 0.719. The lowest BCUT2D eigenvalue weighted by molar-refractivity contribution is 0.544. The van der Waals surface area contributed by atoms with Gasteiger partial charge < -0.3 is 4.42 Å². The first kappa shape index (κ1) is 9.39. The summed E-state index contributed by atoms with van der Waals surface area (Å²) in [5.41, 5.74) is 1.32. The number of hydrogen-bond donors (Lipinski definition) is 0. The van der Waals surface area contributed by atoms with Crippen molar-refractivity contribution in [3.05, 3.63) is 23.9 Å². The fraction of sp³-hybridized carbons (Fsp3) is 0.444. The molecular weight excluding hydrogens is 170 g/mol. The summed E-state index contributed by atoms with van der Waals surface area (Å²) in [6, 6.07) is 0. The molecule has 1 rings (SSSR count). The number of thioether (sulfide) groups is 1. The highest BCUT2D eigenvalue weighted by molar-refractivity contribution is 8.07. The molecule has 0 unspecified atom stereocenters. The van der Waals surface area contributed by atoms with Gasteiger partial charge in [-0.3, -0.25) is 0 Å². The summed E-state index contributed by atoms with van der Waals surface area (Å²) < 4.78 is 5.22. The molecular formula is C9H13NOS. The summed E-state index contributed by atoms with van der Waals surface area (Å²) in [7, 11) is 0. The zero-order valence-corrected chi connectivity index (χ0v) is 8.44. The second-order valence-electron chi connectivity index (χ2n) is 2.50. The molecule has 0 saturated carbocycles. The van der Waals surface area contributed by atoms with Crippen molar-refractivity contribution in [1.82, 2.24) is 4.98 Å². The molecule has 0 atom stereocenters. The van der Waals surface area contributed by atoms with Crippen LogP contribution in [0.5, 0.6) is 0 Å². The first-order chi connectivity index (χ1) is 5.79. The van der Waals surface area contributed by atoms with E-state index in [1.165, 1.54) is 5.57 Å². The van der Waals surface area contributed by atoms with Crippen LogP contribution in [0.1, 0.15) is 26.2 Å². The summed E-state index contributed by atoms with van der Waals surface area (Å²) in [6.45, 7) is 4.24. The number of allylic oxidation sites excluding steroid dienone is 1. The monoisotopic (exact) mass is 183 g/mol. The zero-order valence-electron chi connectivity index (χ0n) is 7.63. The minimum atomic E-state index is 0.738. The SMILES string of the molecule is CC/C(C)=C(\SC)c1ncco1. The lowest BCUT2D eigenvalue weighted by atomic mass is 10.2. The summed E-state index contributed by atoms with van der Waals surface area (Å²) >= 11 is 1.68. The molecule has 1 aromatic rings. The molecule has 0 aliphatic rings. The minimum Gasteiger partial charge on any atom is -0.444 e. The van der Waals surface area contributed by atoms with E-state index in [-0.39, 0.29) is 0 Å². The van der Waals surface area contributed by atoms with Crippen LogP contribution in [-0.2, 0) is 0 Å². The Labute approximate surface area is 77.1 Å². The fourth-order valence-corrected chi connectivity index (χ4v) is 1.71. The van der Waals surface area contributed by atoms with E-state index in [0.717, 1.165) is 17.2 Å². The molecule has 3 heteroatoms. The van der Waals surface area contributed by atoms with E-state index in [0.29, 0.717) is 0 Å². The normalized spacial score (nSPS) is 12.9. The molecule has 0 fully saturated rings. The molecule has 0 aliphatic heterocycles.